The van der Waals surface area contributed by atoms with Gasteiger partial charge in [-0.1, -0.05) is 31.5 Å². The highest BCUT2D eigenvalue weighted by Gasteiger charge is 2.22. The molecule has 1 atom stereocenters. The number of hydrogen-bond acceptors (Lipinski definition) is 3. The highest BCUT2D eigenvalue weighted by atomic mass is 16.5. The third kappa shape index (κ3) is 5.24. The zero-order valence-electron chi connectivity index (χ0n) is 15.1. The summed E-state index contributed by atoms with van der Waals surface area (Å²) < 4.78 is 10.9. The van der Waals surface area contributed by atoms with Crippen molar-refractivity contribution in [2.45, 2.75) is 39.0 Å². The third-order valence-corrected chi connectivity index (χ3v) is 4.28. The van der Waals surface area contributed by atoms with E-state index in [-0.39, 0.29) is 0 Å². The van der Waals surface area contributed by atoms with Gasteiger partial charge in [0, 0.05) is 0 Å². The van der Waals surface area contributed by atoms with Crippen molar-refractivity contribution < 1.29 is 19.4 Å². The number of carboxylic acid groups (broad SMARTS) is 1. The van der Waals surface area contributed by atoms with E-state index in [4.69, 9.17) is 9.47 Å². The molecule has 1 unspecified atom stereocenters. The molecule has 0 aliphatic carbocycles. The molecule has 0 spiro atoms. The van der Waals surface area contributed by atoms with Crippen molar-refractivity contribution in [1.82, 2.24) is 0 Å². The van der Waals surface area contributed by atoms with Gasteiger partial charge in [-0.25, -0.2) is 0 Å². The Bertz CT molecular complexity index is 692. The molecule has 4 nitrogen and oxygen atoms in total. The maximum atomic E-state index is 11.8. The number of unbranched alkanes of at least 4 members (excludes halogenated alkanes) is 1. The van der Waals surface area contributed by atoms with Crippen LogP contribution in [-0.4, -0.2) is 24.8 Å². The van der Waals surface area contributed by atoms with Crippen molar-refractivity contribution in [3.63, 3.8) is 0 Å². The van der Waals surface area contributed by atoms with Crippen LogP contribution < -0.4 is 9.47 Å². The first kappa shape index (κ1) is 18.8. The Labute approximate surface area is 149 Å². The van der Waals surface area contributed by atoms with Gasteiger partial charge >= 0.3 is 5.97 Å². The Balaban J connectivity index is 2.13. The Hall–Kier alpha value is -2.49. The molecule has 0 bridgehead atoms. The molecule has 0 fully saturated rings. The summed E-state index contributed by atoms with van der Waals surface area (Å²) in [6.45, 7) is 4.75. The quantitative estimate of drug-likeness (QED) is 0.677. The number of benzene rings is 2. The Morgan fingerprint density at radius 1 is 1.12 bits per heavy atom. The molecule has 0 radical (unpaired) electrons. The SMILES string of the molecule is CCCCOc1ccc(CC(C(=O)O)c2ccc(OC)cc2C)cc1. The predicted molar refractivity (Wildman–Crippen MR) is 98.7 cm³/mol. The number of aliphatic carboxylic acids is 1. The second-order valence-corrected chi connectivity index (χ2v) is 6.16. The molecule has 0 aliphatic heterocycles. The van der Waals surface area contributed by atoms with E-state index in [0.717, 1.165) is 41.0 Å². The Morgan fingerprint density at radius 3 is 2.36 bits per heavy atom. The fourth-order valence-corrected chi connectivity index (χ4v) is 2.79. The smallest absolute Gasteiger partial charge is 0.311 e. The van der Waals surface area contributed by atoms with Crippen LogP contribution in [0.25, 0.3) is 0 Å². The van der Waals surface area contributed by atoms with Crippen LogP contribution in [0.1, 0.15) is 42.4 Å². The van der Waals surface area contributed by atoms with E-state index in [1.54, 1.807) is 7.11 Å². The maximum absolute atomic E-state index is 11.8. The average Bonchev–Trinajstić information content (AvgIpc) is 2.61. The number of hydrogen-bond donors (Lipinski definition) is 1. The van der Waals surface area contributed by atoms with Crippen LogP contribution in [0, 0.1) is 6.92 Å². The lowest BCUT2D eigenvalue weighted by molar-refractivity contribution is -0.138. The van der Waals surface area contributed by atoms with Crippen LogP contribution in [0.2, 0.25) is 0 Å². The van der Waals surface area contributed by atoms with E-state index in [1.807, 2.05) is 49.4 Å². The minimum atomic E-state index is -0.823. The van der Waals surface area contributed by atoms with Crippen molar-refractivity contribution >= 4 is 5.97 Å². The molecule has 2 rings (SSSR count). The normalized spacial score (nSPS) is 11.8. The van der Waals surface area contributed by atoms with Gasteiger partial charge in [0.15, 0.2) is 0 Å². The van der Waals surface area contributed by atoms with Crippen LogP contribution in [0.15, 0.2) is 42.5 Å². The summed E-state index contributed by atoms with van der Waals surface area (Å²) in [4.78, 5) is 11.8. The van der Waals surface area contributed by atoms with E-state index >= 15 is 0 Å². The molecule has 0 saturated carbocycles. The number of aryl methyl sites for hydroxylation is 1. The van der Waals surface area contributed by atoms with E-state index in [2.05, 4.69) is 6.92 Å². The van der Waals surface area contributed by atoms with Gasteiger partial charge in [-0.3, -0.25) is 4.79 Å². The molecule has 0 saturated heterocycles. The molecule has 0 aliphatic rings. The summed E-state index contributed by atoms with van der Waals surface area (Å²) in [5, 5.41) is 9.68. The number of methoxy groups -OCH3 is 1. The van der Waals surface area contributed by atoms with Gasteiger partial charge < -0.3 is 14.6 Å². The highest BCUT2D eigenvalue weighted by molar-refractivity contribution is 5.77. The number of ether oxygens (including phenoxy) is 2. The van der Waals surface area contributed by atoms with Gasteiger partial charge in [0.25, 0.3) is 0 Å². The van der Waals surface area contributed by atoms with Gasteiger partial charge in [-0.2, -0.15) is 0 Å². The van der Waals surface area contributed by atoms with E-state index in [0.29, 0.717) is 13.0 Å². The minimum Gasteiger partial charge on any atom is -0.497 e. The van der Waals surface area contributed by atoms with Crippen LogP contribution in [-0.2, 0) is 11.2 Å². The summed E-state index contributed by atoms with van der Waals surface area (Å²) >= 11 is 0. The zero-order chi connectivity index (χ0) is 18.2. The van der Waals surface area contributed by atoms with E-state index in [9.17, 15) is 9.90 Å². The lowest BCUT2D eigenvalue weighted by Gasteiger charge is -2.16. The van der Waals surface area contributed by atoms with Gasteiger partial charge in [-0.15, -0.1) is 0 Å². The summed E-state index contributed by atoms with van der Waals surface area (Å²) in [6, 6.07) is 13.2. The van der Waals surface area contributed by atoms with Gasteiger partial charge in [-0.05, 0) is 60.7 Å². The number of carboxylic acids is 1. The summed E-state index contributed by atoms with van der Waals surface area (Å²) in [5.74, 6) is 0.151. The number of rotatable bonds is 9. The summed E-state index contributed by atoms with van der Waals surface area (Å²) in [7, 11) is 1.60. The Kier molecular flexibility index (Phi) is 6.87. The standard InChI is InChI=1S/C21H26O4/c1-4-5-12-25-17-8-6-16(7-9-17)14-20(21(22)23)19-11-10-18(24-3)13-15(19)2/h6-11,13,20H,4-5,12,14H2,1-3H3,(H,22,23). The third-order valence-electron chi connectivity index (χ3n) is 4.28. The molecular weight excluding hydrogens is 316 g/mol. The fourth-order valence-electron chi connectivity index (χ4n) is 2.79. The van der Waals surface area contributed by atoms with Crippen LogP contribution in [0.4, 0.5) is 0 Å². The molecule has 25 heavy (non-hydrogen) atoms. The van der Waals surface area contributed by atoms with Crippen molar-refractivity contribution in [1.29, 1.82) is 0 Å². The molecule has 0 heterocycles. The fraction of sp³-hybridized carbons (Fsp3) is 0.381. The minimum absolute atomic E-state index is 0.442. The molecule has 0 amide bonds. The lowest BCUT2D eigenvalue weighted by Crippen LogP contribution is -2.15. The molecule has 2 aromatic rings. The molecule has 2 aromatic carbocycles. The van der Waals surface area contributed by atoms with E-state index < -0.39 is 11.9 Å². The molecular formula is C21H26O4. The first-order valence-corrected chi connectivity index (χ1v) is 8.64. The van der Waals surface area contributed by atoms with Crippen molar-refractivity contribution in [3.8, 4) is 11.5 Å². The lowest BCUT2D eigenvalue weighted by atomic mass is 9.89. The van der Waals surface area contributed by atoms with Crippen LogP contribution >= 0.6 is 0 Å². The van der Waals surface area contributed by atoms with Crippen molar-refractivity contribution in [2.75, 3.05) is 13.7 Å². The first-order chi connectivity index (χ1) is 12.0. The van der Waals surface area contributed by atoms with Crippen molar-refractivity contribution in [3.05, 3.63) is 59.2 Å². The monoisotopic (exact) mass is 342 g/mol. The van der Waals surface area contributed by atoms with Crippen LogP contribution in [0.5, 0.6) is 11.5 Å². The summed E-state index contributed by atoms with van der Waals surface area (Å²) in [5.41, 5.74) is 2.72. The second kappa shape index (κ2) is 9.11. The van der Waals surface area contributed by atoms with Gasteiger partial charge in [0.1, 0.15) is 11.5 Å². The molecule has 134 valence electrons. The topological polar surface area (TPSA) is 55.8 Å². The van der Waals surface area contributed by atoms with Gasteiger partial charge in [0.2, 0.25) is 0 Å². The van der Waals surface area contributed by atoms with E-state index in [1.165, 1.54) is 0 Å². The summed E-state index contributed by atoms with van der Waals surface area (Å²) in [6.07, 6.45) is 2.57. The second-order valence-electron chi connectivity index (χ2n) is 6.16. The largest absolute Gasteiger partial charge is 0.497 e. The predicted octanol–water partition coefficient (Wildman–Crippen LogP) is 4.59. The highest BCUT2D eigenvalue weighted by Crippen LogP contribution is 2.28. The molecule has 1 N–H and O–H groups in total. The van der Waals surface area contributed by atoms with Crippen molar-refractivity contribution in [2.24, 2.45) is 0 Å². The maximum Gasteiger partial charge on any atom is 0.311 e. The first-order valence-electron chi connectivity index (χ1n) is 8.64. The zero-order valence-corrected chi connectivity index (χ0v) is 15.1. The average molecular weight is 342 g/mol. The Morgan fingerprint density at radius 2 is 1.80 bits per heavy atom. The number of carbonyl (C=O) groups is 1. The van der Waals surface area contributed by atoms with Gasteiger partial charge in [0.05, 0.1) is 19.6 Å². The molecule has 0 aromatic heterocycles. The van der Waals surface area contributed by atoms with Crippen LogP contribution in [0.3, 0.4) is 0 Å². The molecule has 4 heteroatoms.